The first-order valence-electron chi connectivity index (χ1n) is 32.5. The molecule has 1 heterocycles. The molecule has 0 fully saturated rings. The normalized spacial score (nSPS) is 12.5. The van der Waals surface area contributed by atoms with Gasteiger partial charge in [0.2, 0.25) is 0 Å². The molecule has 0 saturated carbocycles. The highest BCUT2D eigenvalue weighted by molar-refractivity contribution is 6.10. The third-order valence-corrected chi connectivity index (χ3v) is 18.5. The van der Waals surface area contributed by atoms with Crippen molar-refractivity contribution in [2.45, 2.75) is 174 Å². The van der Waals surface area contributed by atoms with Gasteiger partial charge in [0.15, 0.2) is 0 Å². The van der Waals surface area contributed by atoms with E-state index in [0.717, 1.165) is 5.69 Å². The smallest absolute Gasteiger partial charge is 0.0541 e. The number of hydrogen-bond acceptors (Lipinski definition) is 1. The molecular formula is C81H90N2. The number of unbranched alkanes of at least 4 members (excludes halogenated alkanes) is 18. The molecule has 0 amide bonds. The van der Waals surface area contributed by atoms with Crippen LogP contribution in [-0.2, 0) is 5.41 Å². The second kappa shape index (κ2) is 27.8. The summed E-state index contributed by atoms with van der Waals surface area (Å²) in [5.74, 6) is 0. The lowest BCUT2D eigenvalue weighted by molar-refractivity contribution is 0.397. The van der Waals surface area contributed by atoms with Crippen molar-refractivity contribution >= 4 is 38.9 Å². The van der Waals surface area contributed by atoms with Gasteiger partial charge < -0.3 is 9.47 Å². The van der Waals surface area contributed by atoms with E-state index >= 15 is 0 Å². The largest absolute Gasteiger partial charge is 0.310 e. The van der Waals surface area contributed by atoms with Crippen molar-refractivity contribution in [2.75, 3.05) is 4.90 Å². The zero-order chi connectivity index (χ0) is 56.8. The fourth-order valence-electron chi connectivity index (χ4n) is 14.1. The van der Waals surface area contributed by atoms with E-state index in [-0.39, 0.29) is 5.41 Å². The summed E-state index contributed by atoms with van der Waals surface area (Å²) in [6, 6.07) is 78.4. The Hall–Kier alpha value is -7.42. The molecule has 2 nitrogen and oxygen atoms in total. The second-order valence-electron chi connectivity index (χ2n) is 24.5. The number of anilines is 3. The first kappa shape index (κ1) is 57.4. The highest BCUT2D eigenvalue weighted by Crippen LogP contribution is 2.56. The molecule has 0 bridgehead atoms. The van der Waals surface area contributed by atoms with Gasteiger partial charge in [0.25, 0.3) is 0 Å². The van der Waals surface area contributed by atoms with E-state index in [1.807, 2.05) is 0 Å². The van der Waals surface area contributed by atoms with Crippen molar-refractivity contribution in [3.63, 3.8) is 0 Å². The summed E-state index contributed by atoms with van der Waals surface area (Å²) in [5, 5.41) is 2.53. The molecule has 2 heteroatoms. The zero-order valence-corrected chi connectivity index (χ0v) is 50.6. The Balaban J connectivity index is 0.931. The average molecular weight is 1090 g/mol. The minimum absolute atomic E-state index is 0.0145. The van der Waals surface area contributed by atoms with Crippen LogP contribution < -0.4 is 4.90 Å². The third kappa shape index (κ3) is 13.2. The quantitative estimate of drug-likeness (QED) is 0.0424. The Morgan fingerprint density at radius 3 is 1.43 bits per heavy atom. The van der Waals surface area contributed by atoms with Crippen LogP contribution in [0.5, 0.6) is 0 Å². The number of aryl methyl sites for hydroxylation is 2. The number of fused-ring (bicyclic) bond motifs is 6. The Morgan fingerprint density at radius 1 is 0.313 bits per heavy atom. The number of para-hydroxylation sites is 1. The molecular weight excluding hydrogens is 1000 g/mol. The van der Waals surface area contributed by atoms with Crippen LogP contribution in [0.1, 0.15) is 177 Å². The summed E-state index contributed by atoms with van der Waals surface area (Å²) < 4.78 is 2.46. The van der Waals surface area contributed by atoms with E-state index in [1.165, 1.54) is 241 Å². The number of nitrogens with zero attached hydrogens (tertiary/aromatic N) is 2. The summed E-state index contributed by atoms with van der Waals surface area (Å²) in [6.07, 6.45) is 29.6. The number of aromatic nitrogens is 1. The Labute approximate surface area is 498 Å². The summed E-state index contributed by atoms with van der Waals surface area (Å²) >= 11 is 0. The van der Waals surface area contributed by atoms with Crippen LogP contribution in [0.3, 0.4) is 0 Å². The lowest BCUT2D eigenvalue weighted by Gasteiger charge is -2.34. The fourth-order valence-corrected chi connectivity index (χ4v) is 14.1. The molecule has 1 aliphatic rings. The Kier molecular flexibility index (Phi) is 19.2. The summed E-state index contributed by atoms with van der Waals surface area (Å²) in [5.41, 5.74) is 23.0. The molecule has 0 aliphatic heterocycles. The van der Waals surface area contributed by atoms with Crippen LogP contribution in [0.4, 0.5) is 17.1 Å². The highest BCUT2D eigenvalue weighted by atomic mass is 15.1. The van der Waals surface area contributed by atoms with Gasteiger partial charge in [-0.3, -0.25) is 0 Å². The van der Waals surface area contributed by atoms with Gasteiger partial charge in [-0.2, -0.15) is 0 Å². The van der Waals surface area contributed by atoms with Crippen LogP contribution in [-0.4, -0.2) is 4.57 Å². The van der Waals surface area contributed by atoms with Crippen molar-refractivity contribution in [3.05, 3.63) is 229 Å². The van der Waals surface area contributed by atoms with E-state index < -0.39 is 0 Å². The van der Waals surface area contributed by atoms with Gasteiger partial charge in [0, 0.05) is 38.9 Å². The average Bonchev–Trinajstić information content (AvgIpc) is 2.02. The van der Waals surface area contributed by atoms with E-state index in [9.17, 15) is 0 Å². The number of hydrogen-bond donors (Lipinski definition) is 0. The monoisotopic (exact) mass is 1090 g/mol. The van der Waals surface area contributed by atoms with Gasteiger partial charge in [0.05, 0.1) is 11.0 Å². The lowest BCUT2D eigenvalue weighted by Crippen LogP contribution is -2.26. The van der Waals surface area contributed by atoms with Crippen LogP contribution in [0, 0.1) is 13.8 Å². The second-order valence-corrected chi connectivity index (χ2v) is 24.5. The lowest BCUT2D eigenvalue weighted by atomic mass is 9.70. The Bertz CT molecular complexity index is 3660. The van der Waals surface area contributed by atoms with Gasteiger partial charge in [-0.25, -0.2) is 0 Å². The standard InChI is InChI=1S/C81H90N2/c1-5-7-9-11-13-15-17-19-21-30-53-81(54-31-22-20-18-16-14-12-10-8-6-2)77-39-28-26-37-73(77)74-51-50-71(60-78(74)81)82(69-46-41-64(42-47-69)63-34-24-23-25-35-63)70-48-43-65(44-49-70)67-45-52-80-76(59-67)75-38-27-29-40-79(75)83(80)72-57-62(4)56-68(58-72)66-36-32-33-61(3)55-66/h23-29,32-52,55-60H,5-22,30-31,53-54H2,1-4H3. The van der Waals surface area contributed by atoms with Gasteiger partial charge in [-0.15, -0.1) is 0 Å². The van der Waals surface area contributed by atoms with Crippen LogP contribution in [0.15, 0.2) is 206 Å². The van der Waals surface area contributed by atoms with E-state index in [4.69, 9.17) is 0 Å². The minimum atomic E-state index is -0.0145. The molecule has 1 aromatic heterocycles. The number of benzene rings is 9. The van der Waals surface area contributed by atoms with E-state index in [2.05, 4.69) is 243 Å². The maximum Gasteiger partial charge on any atom is 0.0541 e. The van der Waals surface area contributed by atoms with Crippen molar-refractivity contribution in [1.82, 2.24) is 4.57 Å². The molecule has 0 spiro atoms. The molecule has 0 unspecified atom stereocenters. The summed E-state index contributed by atoms with van der Waals surface area (Å²) in [7, 11) is 0. The maximum atomic E-state index is 2.63. The topological polar surface area (TPSA) is 8.17 Å². The molecule has 0 saturated heterocycles. The predicted molar refractivity (Wildman–Crippen MR) is 360 cm³/mol. The van der Waals surface area contributed by atoms with Crippen LogP contribution in [0.25, 0.3) is 72.0 Å². The zero-order valence-electron chi connectivity index (χ0n) is 50.6. The Morgan fingerprint density at radius 2 is 0.795 bits per heavy atom. The molecule has 11 rings (SSSR count). The highest BCUT2D eigenvalue weighted by Gasteiger charge is 2.42. The first-order chi connectivity index (χ1) is 40.9. The molecule has 0 N–H and O–H groups in total. The number of rotatable bonds is 29. The van der Waals surface area contributed by atoms with Crippen molar-refractivity contribution in [1.29, 1.82) is 0 Å². The van der Waals surface area contributed by atoms with Gasteiger partial charge in [-0.1, -0.05) is 287 Å². The SMILES string of the molecule is CCCCCCCCCCCCC1(CCCCCCCCCCCC)c2ccccc2-c2ccc(N(c3ccc(-c4ccccc4)cc3)c3ccc(-c4ccc5c(c4)c4ccccc4n5-c4cc(C)cc(-c5cccc(C)c5)c4)cc3)cc21. The molecule has 0 radical (unpaired) electrons. The van der Waals surface area contributed by atoms with Gasteiger partial charge >= 0.3 is 0 Å². The van der Waals surface area contributed by atoms with Crippen LogP contribution >= 0.6 is 0 Å². The van der Waals surface area contributed by atoms with E-state index in [1.54, 1.807) is 5.56 Å². The van der Waals surface area contributed by atoms with E-state index in [0.29, 0.717) is 0 Å². The van der Waals surface area contributed by atoms with Crippen LogP contribution in [0.2, 0.25) is 0 Å². The molecule has 9 aromatic carbocycles. The van der Waals surface area contributed by atoms with Crippen molar-refractivity contribution in [2.24, 2.45) is 0 Å². The first-order valence-corrected chi connectivity index (χ1v) is 32.5. The van der Waals surface area contributed by atoms with Crippen molar-refractivity contribution in [3.8, 4) is 50.2 Å². The molecule has 424 valence electrons. The molecule has 1 aliphatic carbocycles. The summed E-state index contributed by atoms with van der Waals surface area (Å²) in [6.45, 7) is 9.03. The predicted octanol–water partition coefficient (Wildman–Crippen LogP) is 24.8. The molecule has 10 aromatic rings. The maximum absolute atomic E-state index is 2.63. The minimum Gasteiger partial charge on any atom is -0.310 e. The van der Waals surface area contributed by atoms with Gasteiger partial charge in [-0.05, 0) is 155 Å². The molecule has 83 heavy (non-hydrogen) atoms. The summed E-state index contributed by atoms with van der Waals surface area (Å²) in [4.78, 5) is 2.53. The van der Waals surface area contributed by atoms with Crippen molar-refractivity contribution < 1.29 is 0 Å². The molecule has 0 atom stereocenters. The fraction of sp³-hybridized carbons (Fsp3) is 0.333. The van der Waals surface area contributed by atoms with Gasteiger partial charge in [0.1, 0.15) is 0 Å². The third-order valence-electron chi connectivity index (χ3n) is 18.5.